The lowest BCUT2D eigenvalue weighted by atomic mass is 10.0. The normalized spacial score (nSPS) is 11.5. The second-order valence-electron chi connectivity index (χ2n) is 18.5. The first-order valence-corrected chi connectivity index (χ1v) is 24.8. The predicted octanol–water partition coefficient (Wildman–Crippen LogP) is 16.5. The highest BCUT2D eigenvalue weighted by atomic mass is 15.0. The Morgan fingerprint density at radius 2 is 0.554 bits per heavy atom. The lowest BCUT2D eigenvalue weighted by molar-refractivity contribution is 1.07. The Balaban J connectivity index is 0.856. The maximum Gasteiger partial charge on any atom is 0.164 e. The van der Waals surface area contributed by atoms with Crippen LogP contribution in [0.15, 0.2) is 261 Å². The van der Waals surface area contributed by atoms with Crippen molar-refractivity contribution in [2.24, 2.45) is 0 Å². The molecule has 14 rings (SSSR count). The molecule has 0 amide bonds. The van der Waals surface area contributed by atoms with Gasteiger partial charge in [0.05, 0.1) is 33.5 Å². The first-order valence-electron chi connectivity index (χ1n) is 24.8. The van der Waals surface area contributed by atoms with E-state index in [1.165, 1.54) is 21.5 Å². The maximum atomic E-state index is 5.16. The molecule has 0 spiro atoms. The van der Waals surface area contributed by atoms with Gasteiger partial charge in [0.2, 0.25) is 0 Å². The molecule has 0 fully saturated rings. The van der Waals surface area contributed by atoms with Gasteiger partial charge in [-0.2, -0.15) is 0 Å². The third kappa shape index (κ3) is 7.59. The highest BCUT2D eigenvalue weighted by Gasteiger charge is 2.19. The van der Waals surface area contributed by atoms with Gasteiger partial charge in [0, 0.05) is 66.3 Å². The monoisotopic (exact) mass is 945 g/mol. The number of aromatic nitrogens is 7. The zero-order chi connectivity index (χ0) is 49.0. The summed E-state index contributed by atoms with van der Waals surface area (Å²) in [5, 5.41) is 4.74. The average molecular weight is 946 g/mol. The van der Waals surface area contributed by atoms with Gasteiger partial charge < -0.3 is 9.13 Å². The molecule has 0 aliphatic carbocycles. The molecule has 4 aromatic heterocycles. The Morgan fingerprint density at radius 3 is 1.04 bits per heavy atom. The van der Waals surface area contributed by atoms with Crippen molar-refractivity contribution in [2.45, 2.75) is 0 Å². The van der Waals surface area contributed by atoms with E-state index in [4.69, 9.17) is 24.9 Å². The maximum absolute atomic E-state index is 5.16. The van der Waals surface area contributed by atoms with Crippen molar-refractivity contribution in [2.75, 3.05) is 0 Å². The lowest BCUT2D eigenvalue weighted by Crippen LogP contribution is -2.01. The second kappa shape index (κ2) is 17.9. The van der Waals surface area contributed by atoms with Crippen molar-refractivity contribution >= 4 is 43.6 Å². The molecule has 0 atom stereocenters. The summed E-state index contributed by atoms with van der Waals surface area (Å²) in [4.78, 5) is 25.3. The molecular formula is C67H43N7. The van der Waals surface area contributed by atoms with Gasteiger partial charge in [0.25, 0.3) is 0 Å². The first-order chi connectivity index (χ1) is 36.7. The van der Waals surface area contributed by atoms with Crippen LogP contribution in [0, 0.1) is 0 Å². The summed E-state index contributed by atoms with van der Waals surface area (Å²) in [6, 6.07) is 91.2. The average Bonchev–Trinajstić information content (AvgIpc) is 4.02. The fourth-order valence-electron chi connectivity index (χ4n) is 10.5. The standard InChI is InChI=1S/C67H43N7/c1-5-19-44(20-6-1)58-43-59(69-64(68-58)45-21-7-2-8-22-45)50-27-17-29-52(39-50)73-60-33-15-13-31-54(60)56-41-48(35-37-62(56)73)49-36-38-63-57(42-49)55-32-14-16-34-61(55)74(63)53-30-18-28-51(40-53)67-71-65(46-23-9-3-10-24-46)70-66(72-67)47-25-11-4-12-26-47/h1-43H. The number of hydrogen-bond donors (Lipinski definition) is 0. The van der Waals surface area contributed by atoms with Gasteiger partial charge in [-0.1, -0.05) is 194 Å². The van der Waals surface area contributed by atoms with E-state index in [9.17, 15) is 0 Å². The molecule has 7 heteroatoms. The van der Waals surface area contributed by atoms with E-state index in [2.05, 4.69) is 185 Å². The predicted molar refractivity (Wildman–Crippen MR) is 302 cm³/mol. The van der Waals surface area contributed by atoms with E-state index in [-0.39, 0.29) is 0 Å². The zero-order valence-corrected chi connectivity index (χ0v) is 40.0. The summed E-state index contributed by atoms with van der Waals surface area (Å²) in [7, 11) is 0. The quantitative estimate of drug-likeness (QED) is 0.144. The van der Waals surface area contributed by atoms with Gasteiger partial charge in [0.15, 0.2) is 23.3 Å². The molecule has 74 heavy (non-hydrogen) atoms. The smallest absolute Gasteiger partial charge is 0.164 e. The second-order valence-corrected chi connectivity index (χ2v) is 18.5. The minimum absolute atomic E-state index is 0.618. The van der Waals surface area contributed by atoms with E-state index >= 15 is 0 Å². The molecule has 4 heterocycles. The molecule has 0 radical (unpaired) electrons. The Morgan fingerprint density at radius 1 is 0.203 bits per heavy atom. The van der Waals surface area contributed by atoms with Gasteiger partial charge in [-0.05, 0) is 77.9 Å². The molecule has 0 aliphatic heterocycles. The molecule has 346 valence electrons. The highest BCUT2D eigenvalue weighted by Crippen LogP contribution is 2.40. The van der Waals surface area contributed by atoms with Gasteiger partial charge >= 0.3 is 0 Å². The van der Waals surface area contributed by atoms with Crippen LogP contribution in [0.1, 0.15) is 0 Å². The van der Waals surface area contributed by atoms with Crippen LogP contribution in [0.5, 0.6) is 0 Å². The molecule has 0 saturated carbocycles. The summed E-state index contributed by atoms with van der Waals surface area (Å²) < 4.78 is 4.73. The van der Waals surface area contributed by atoms with Gasteiger partial charge in [-0.25, -0.2) is 24.9 Å². The van der Waals surface area contributed by atoms with E-state index in [0.717, 1.165) is 89.3 Å². The number of benzene rings is 10. The fourth-order valence-corrected chi connectivity index (χ4v) is 10.5. The van der Waals surface area contributed by atoms with Crippen LogP contribution < -0.4 is 0 Å². The number of para-hydroxylation sites is 2. The van der Waals surface area contributed by atoms with Crippen molar-refractivity contribution in [1.82, 2.24) is 34.1 Å². The lowest BCUT2D eigenvalue weighted by Gasteiger charge is -2.12. The van der Waals surface area contributed by atoms with Crippen LogP contribution in [0.3, 0.4) is 0 Å². The van der Waals surface area contributed by atoms with Gasteiger partial charge in [-0.15, -0.1) is 0 Å². The molecule has 10 aromatic carbocycles. The molecule has 0 saturated heterocycles. The van der Waals surface area contributed by atoms with Crippen LogP contribution in [0.4, 0.5) is 0 Å². The van der Waals surface area contributed by atoms with Gasteiger partial charge in [0.1, 0.15) is 0 Å². The number of fused-ring (bicyclic) bond motifs is 6. The van der Waals surface area contributed by atoms with Crippen molar-refractivity contribution in [3.63, 3.8) is 0 Å². The van der Waals surface area contributed by atoms with Gasteiger partial charge in [-0.3, -0.25) is 0 Å². The molecule has 0 aliphatic rings. The van der Waals surface area contributed by atoms with Crippen molar-refractivity contribution in [3.8, 4) is 90.6 Å². The van der Waals surface area contributed by atoms with Crippen LogP contribution in [-0.2, 0) is 0 Å². The van der Waals surface area contributed by atoms with Crippen LogP contribution in [0.2, 0.25) is 0 Å². The Kier molecular flexibility index (Phi) is 10.4. The third-order valence-corrected chi connectivity index (χ3v) is 14.0. The minimum atomic E-state index is 0.618. The van der Waals surface area contributed by atoms with E-state index in [1.807, 2.05) is 84.9 Å². The van der Waals surface area contributed by atoms with Crippen molar-refractivity contribution in [3.05, 3.63) is 261 Å². The molecular weight excluding hydrogens is 903 g/mol. The Labute approximate surface area is 427 Å². The molecule has 0 unspecified atom stereocenters. The first kappa shape index (κ1) is 42.7. The third-order valence-electron chi connectivity index (χ3n) is 14.0. The zero-order valence-electron chi connectivity index (χ0n) is 40.0. The Hall–Kier alpha value is -10.1. The largest absolute Gasteiger partial charge is 0.309 e. The number of nitrogens with zero attached hydrogens (tertiary/aromatic N) is 7. The molecule has 0 N–H and O–H groups in total. The molecule has 14 aromatic rings. The van der Waals surface area contributed by atoms with Crippen LogP contribution in [-0.4, -0.2) is 34.1 Å². The summed E-state index contributed by atoms with van der Waals surface area (Å²) in [5.41, 5.74) is 16.5. The van der Waals surface area contributed by atoms with Crippen molar-refractivity contribution < 1.29 is 0 Å². The summed E-state index contributed by atoms with van der Waals surface area (Å²) in [5.74, 6) is 2.58. The van der Waals surface area contributed by atoms with Crippen molar-refractivity contribution in [1.29, 1.82) is 0 Å². The minimum Gasteiger partial charge on any atom is -0.309 e. The molecule has 7 nitrogen and oxygen atoms in total. The highest BCUT2D eigenvalue weighted by molar-refractivity contribution is 6.13. The van der Waals surface area contributed by atoms with E-state index in [0.29, 0.717) is 23.3 Å². The molecule has 0 bridgehead atoms. The summed E-state index contributed by atoms with van der Waals surface area (Å²) >= 11 is 0. The topological polar surface area (TPSA) is 74.3 Å². The number of rotatable bonds is 9. The van der Waals surface area contributed by atoms with Crippen LogP contribution in [0.25, 0.3) is 134 Å². The Bertz CT molecular complexity index is 4010. The van der Waals surface area contributed by atoms with E-state index in [1.54, 1.807) is 0 Å². The number of hydrogen-bond acceptors (Lipinski definition) is 5. The SMILES string of the molecule is c1ccc(-c2cc(-c3cccc(-n4c5ccccc5c5cc(-c6ccc7c(c6)c6ccccc6n7-c6cccc(-c7nc(-c8ccccc8)nc(-c8ccccc8)n7)c6)ccc54)c3)nc(-c3ccccc3)n2)cc1. The summed E-state index contributed by atoms with van der Waals surface area (Å²) in [6.07, 6.45) is 0. The fraction of sp³-hybridized carbons (Fsp3) is 0. The van der Waals surface area contributed by atoms with Crippen LogP contribution >= 0.6 is 0 Å². The van der Waals surface area contributed by atoms with E-state index < -0.39 is 0 Å². The summed E-state index contributed by atoms with van der Waals surface area (Å²) in [6.45, 7) is 0.